The largest absolute Gasteiger partial charge is 0.494 e. The summed E-state index contributed by atoms with van der Waals surface area (Å²) in [5, 5.41) is 2.97. The molecule has 0 bridgehead atoms. The number of amides is 2. The van der Waals surface area contributed by atoms with E-state index < -0.39 is 34.1 Å². The normalized spacial score (nSPS) is 12.3. The predicted molar refractivity (Wildman–Crippen MR) is 158 cm³/mol. The molecule has 3 aromatic carbocycles. The lowest BCUT2D eigenvalue weighted by Crippen LogP contribution is -2.55. The molecule has 0 aliphatic rings. The molecule has 0 spiro atoms. The van der Waals surface area contributed by atoms with Gasteiger partial charge in [-0.2, -0.15) is 0 Å². The van der Waals surface area contributed by atoms with Crippen LogP contribution >= 0.6 is 0 Å². The van der Waals surface area contributed by atoms with E-state index in [4.69, 9.17) is 4.74 Å². The van der Waals surface area contributed by atoms with Crippen LogP contribution < -0.4 is 14.4 Å². The average Bonchev–Trinajstić information content (AvgIpc) is 2.92. The van der Waals surface area contributed by atoms with Gasteiger partial charge in [-0.3, -0.25) is 13.9 Å². The van der Waals surface area contributed by atoms with Crippen molar-refractivity contribution in [3.05, 3.63) is 90.5 Å². The van der Waals surface area contributed by atoms with E-state index in [0.29, 0.717) is 24.5 Å². The second-order valence-corrected chi connectivity index (χ2v) is 12.3. The molecule has 3 rings (SSSR count). The lowest BCUT2D eigenvalue weighted by atomic mass is 10.1. The number of carbonyl (C=O) groups excluding carboxylic acids is 2. The van der Waals surface area contributed by atoms with Gasteiger partial charge in [0.25, 0.3) is 10.0 Å². The summed E-state index contributed by atoms with van der Waals surface area (Å²) < 4.78 is 34.4. The first kappa shape index (κ1) is 30.7. The third-order valence-electron chi connectivity index (χ3n) is 6.13. The van der Waals surface area contributed by atoms with Crippen LogP contribution in [0, 0.1) is 0 Å². The van der Waals surface area contributed by atoms with Crippen LogP contribution in [-0.2, 0) is 26.2 Å². The van der Waals surface area contributed by atoms with Gasteiger partial charge in [0.15, 0.2) is 0 Å². The Kier molecular flexibility index (Phi) is 10.3. The zero-order valence-corrected chi connectivity index (χ0v) is 24.6. The first-order chi connectivity index (χ1) is 19.0. The molecule has 8 nitrogen and oxygen atoms in total. The van der Waals surface area contributed by atoms with Gasteiger partial charge >= 0.3 is 0 Å². The molecule has 0 saturated carbocycles. The standard InChI is InChI=1S/C31H39N3O5S/c1-6-28(30(36)32-31(3,4)5)33(22-24-14-10-8-11-15-24)29(35)23-34(25-16-12-9-13-17-25)40(37,38)27-20-18-26(19-21-27)39-7-2/h8-21,28H,6-7,22-23H2,1-5H3,(H,32,36)/t28-/m0/s1. The van der Waals surface area contributed by atoms with Gasteiger partial charge in [-0.15, -0.1) is 0 Å². The number of nitrogens with one attached hydrogen (secondary N) is 1. The van der Waals surface area contributed by atoms with E-state index in [2.05, 4.69) is 5.32 Å². The summed E-state index contributed by atoms with van der Waals surface area (Å²) in [6.07, 6.45) is 0.359. The highest BCUT2D eigenvalue weighted by Crippen LogP contribution is 2.26. The highest BCUT2D eigenvalue weighted by molar-refractivity contribution is 7.92. The van der Waals surface area contributed by atoms with Crippen LogP contribution in [0.15, 0.2) is 89.8 Å². The number of sulfonamides is 1. The number of hydrogen-bond donors (Lipinski definition) is 1. The first-order valence-electron chi connectivity index (χ1n) is 13.4. The molecule has 0 aliphatic heterocycles. The van der Waals surface area contributed by atoms with Crippen molar-refractivity contribution in [1.29, 1.82) is 0 Å². The first-order valence-corrected chi connectivity index (χ1v) is 14.9. The molecule has 2 amide bonds. The molecular weight excluding hydrogens is 526 g/mol. The van der Waals surface area contributed by atoms with Crippen molar-refractivity contribution in [1.82, 2.24) is 10.2 Å². The summed E-state index contributed by atoms with van der Waals surface area (Å²) in [5.74, 6) is -0.230. The summed E-state index contributed by atoms with van der Waals surface area (Å²) in [4.78, 5) is 28.9. The Morgan fingerprint density at radius 2 is 1.45 bits per heavy atom. The minimum absolute atomic E-state index is 0.0275. The fourth-order valence-corrected chi connectivity index (χ4v) is 5.69. The fraction of sp³-hybridized carbons (Fsp3) is 0.355. The van der Waals surface area contributed by atoms with Crippen LogP contribution in [0.3, 0.4) is 0 Å². The lowest BCUT2D eigenvalue weighted by Gasteiger charge is -2.34. The Bertz CT molecular complexity index is 1360. The van der Waals surface area contributed by atoms with E-state index in [0.717, 1.165) is 9.87 Å². The van der Waals surface area contributed by atoms with Gasteiger partial charge < -0.3 is 15.0 Å². The van der Waals surface area contributed by atoms with Gasteiger partial charge in [0.1, 0.15) is 18.3 Å². The van der Waals surface area contributed by atoms with Gasteiger partial charge in [0.2, 0.25) is 11.8 Å². The van der Waals surface area contributed by atoms with Crippen LogP contribution in [0.4, 0.5) is 5.69 Å². The van der Waals surface area contributed by atoms with Crippen LogP contribution in [0.2, 0.25) is 0 Å². The van der Waals surface area contributed by atoms with Gasteiger partial charge in [-0.25, -0.2) is 8.42 Å². The van der Waals surface area contributed by atoms with E-state index in [1.54, 1.807) is 42.5 Å². The van der Waals surface area contributed by atoms with Crippen molar-refractivity contribution in [2.24, 2.45) is 0 Å². The Hall–Kier alpha value is -3.85. The van der Waals surface area contributed by atoms with E-state index in [-0.39, 0.29) is 17.3 Å². The molecule has 0 aromatic heterocycles. The number of anilines is 1. The molecule has 9 heteroatoms. The number of para-hydroxylation sites is 1. The third kappa shape index (κ3) is 8.08. The Labute approximate surface area is 238 Å². The second-order valence-electron chi connectivity index (χ2n) is 10.4. The van der Waals surface area contributed by atoms with Crippen LogP contribution in [0.1, 0.15) is 46.6 Å². The highest BCUT2D eigenvalue weighted by atomic mass is 32.2. The molecule has 0 saturated heterocycles. The molecule has 0 aliphatic carbocycles. The zero-order valence-electron chi connectivity index (χ0n) is 23.8. The summed E-state index contributed by atoms with van der Waals surface area (Å²) in [7, 11) is -4.14. The molecule has 0 radical (unpaired) electrons. The second kappa shape index (κ2) is 13.5. The molecule has 1 N–H and O–H groups in total. The van der Waals surface area contributed by atoms with Gasteiger partial charge in [-0.05, 0) is 76.1 Å². The maximum atomic E-state index is 14.0. The fourth-order valence-electron chi connectivity index (χ4n) is 4.28. The van der Waals surface area contributed by atoms with E-state index in [1.165, 1.54) is 17.0 Å². The minimum Gasteiger partial charge on any atom is -0.494 e. The van der Waals surface area contributed by atoms with Gasteiger partial charge in [0, 0.05) is 12.1 Å². The minimum atomic E-state index is -4.14. The van der Waals surface area contributed by atoms with Crippen molar-refractivity contribution < 1.29 is 22.7 Å². The molecule has 0 heterocycles. The average molecular weight is 566 g/mol. The molecule has 0 fully saturated rings. The Balaban J connectivity index is 2.02. The lowest BCUT2D eigenvalue weighted by molar-refractivity contribution is -0.141. The number of hydrogen-bond acceptors (Lipinski definition) is 5. The van der Waals surface area contributed by atoms with Crippen LogP contribution in [0.5, 0.6) is 5.75 Å². The summed E-state index contributed by atoms with van der Waals surface area (Å²) in [6, 6.07) is 23.2. The topological polar surface area (TPSA) is 96.0 Å². The summed E-state index contributed by atoms with van der Waals surface area (Å²) in [6.45, 7) is 9.44. The van der Waals surface area contributed by atoms with Gasteiger partial charge in [-0.1, -0.05) is 55.5 Å². The van der Waals surface area contributed by atoms with Crippen molar-refractivity contribution >= 4 is 27.5 Å². The number of rotatable bonds is 12. The Morgan fingerprint density at radius 1 is 0.875 bits per heavy atom. The van der Waals surface area contributed by atoms with Crippen molar-refractivity contribution in [3.63, 3.8) is 0 Å². The van der Waals surface area contributed by atoms with E-state index in [1.807, 2.05) is 65.0 Å². The highest BCUT2D eigenvalue weighted by Gasteiger charge is 2.34. The maximum absolute atomic E-state index is 14.0. The number of carbonyl (C=O) groups is 2. The number of nitrogens with zero attached hydrogens (tertiary/aromatic N) is 2. The molecule has 0 unspecified atom stereocenters. The van der Waals surface area contributed by atoms with Crippen molar-refractivity contribution in [3.8, 4) is 5.75 Å². The molecule has 1 atom stereocenters. The molecule has 3 aromatic rings. The predicted octanol–water partition coefficient (Wildman–Crippen LogP) is 5.00. The molecule has 40 heavy (non-hydrogen) atoms. The van der Waals surface area contributed by atoms with Crippen LogP contribution in [-0.4, -0.2) is 49.9 Å². The van der Waals surface area contributed by atoms with Crippen molar-refractivity contribution in [2.45, 2.75) is 64.1 Å². The summed E-state index contributed by atoms with van der Waals surface area (Å²) in [5.41, 5.74) is 0.675. The number of ether oxygens (including phenoxy) is 1. The maximum Gasteiger partial charge on any atom is 0.264 e. The molecular formula is C31H39N3O5S. The Morgan fingerprint density at radius 3 is 1.98 bits per heavy atom. The zero-order chi connectivity index (χ0) is 29.3. The quantitative estimate of drug-likeness (QED) is 0.333. The smallest absolute Gasteiger partial charge is 0.264 e. The van der Waals surface area contributed by atoms with Crippen molar-refractivity contribution in [2.75, 3.05) is 17.5 Å². The SMILES string of the molecule is CCOc1ccc(S(=O)(=O)N(CC(=O)N(Cc2ccccc2)[C@@H](CC)C(=O)NC(C)(C)C)c2ccccc2)cc1. The van der Waals surface area contributed by atoms with E-state index in [9.17, 15) is 18.0 Å². The molecule has 214 valence electrons. The van der Waals surface area contributed by atoms with Crippen LogP contribution in [0.25, 0.3) is 0 Å². The summed E-state index contributed by atoms with van der Waals surface area (Å²) >= 11 is 0. The van der Waals surface area contributed by atoms with Gasteiger partial charge in [0.05, 0.1) is 17.2 Å². The van der Waals surface area contributed by atoms with E-state index >= 15 is 0 Å². The monoisotopic (exact) mass is 565 g/mol. The third-order valence-corrected chi connectivity index (χ3v) is 7.91. The number of benzene rings is 3.